The van der Waals surface area contributed by atoms with Gasteiger partial charge >= 0.3 is 11.0 Å². The summed E-state index contributed by atoms with van der Waals surface area (Å²) >= 11 is 0.945. The summed E-state index contributed by atoms with van der Waals surface area (Å²) in [6.07, 6.45) is 2.33. The number of carbonyl (C=O) groups is 2. The molecule has 1 aromatic carbocycles. The van der Waals surface area contributed by atoms with E-state index in [-0.39, 0.29) is 22.2 Å². The molecule has 0 saturated heterocycles. The van der Waals surface area contributed by atoms with E-state index in [1.807, 2.05) is 0 Å². The van der Waals surface area contributed by atoms with Crippen molar-refractivity contribution in [3.8, 4) is 5.75 Å². The maximum Gasteiger partial charge on any atom is 0.343 e. The number of carboxylic acid groups (broad SMARTS) is 1. The average molecular weight is 481 g/mol. The molecule has 2 N–H and O–H groups in total. The number of thiazole rings is 1. The topological polar surface area (TPSA) is 138 Å². The zero-order valence-corrected chi connectivity index (χ0v) is 20.5. The van der Waals surface area contributed by atoms with E-state index in [2.05, 4.69) is 23.7 Å². The van der Waals surface area contributed by atoms with E-state index in [0.717, 1.165) is 37.4 Å². The molecule has 0 bridgehead atoms. The number of carbonyl (C=O) groups excluding carboxylic acids is 1. The number of benzene rings is 1. The lowest BCUT2D eigenvalue weighted by molar-refractivity contribution is -0.380. The monoisotopic (exact) mass is 480 g/mol. The van der Waals surface area contributed by atoms with Crippen LogP contribution in [-0.2, 0) is 11.3 Å². The van der Waals surface area contributed by atoms with Gasteiger partial charge in [-0.05, 0) is 49.5 Å². The maximum absolute atomic E-state index is 12.1. The van der Waals surface area contributed by atoms with Crippen molar-refractivity contribution in [3.63, 3.8) is 0 Å². The van der Waals surface area contributed by atoms with E-state index in [1.54, 1.807) is 37.5 Å². The van der Waals surface area contributed by atoms with Crippen LogP contribution in [0.1, 0.15) is 51.4 Å². The minimum Gasteiger partial charge on any atom is -0.507 e. The minimum atomic E-state index is -1.11. The Morgan fingerprint density at radius 1 is 1.21 bits per heavy atom. The van der Waals surface area contributed by atoms with Gasteiger partial charge in [-0.3, -0.25) is 14.9 Å². The second-order valence-corrected chi connectivity index (χ2v) is 9.16. The number of aromatic hydroxyl groups is 1. The van der Waals surface area contributed by atoms with Crippen LogP contribution in [0.5, 0.6) is 5.75 Å². The van der Waals surface area contributed by atoms with E-state index >= 15 is 0 Å². The summed E-state index contributed by atoms with van der Waals surface area (Å²) in [4.78, 5) is 39.7. The molecule has 1 aromatic heterocycles. The summed E-state index contributed by atoms with van der Waals surface area (Å²) in [7, 11) is 0. The average Bonchev–Trinajstić information content (AvgIpc) is 3.14. The fourth-order valence-electron chi connectivity index (χ4n) is 2.61. The molecule has 0 aliphatic carbocycles. The van der Waals surface area contributed by atoms with E-state index in [9.17, 15) is 19.7 Å². The summed E-state index contributed by atoms with van der Waals surface area (Å²) < 4.78 is 1.72. The van der Waals surface area contributed by atoms with E-state index in [0.29, 0.717) is 11.3 Å². The van der Waals surface area contributed by atoms with Crippen molar-refractivity contribution in [1.29, 1.82) is 0 Å². The normalized spacial score (nSPS) is 11.8. The molecule has 2 aromatic rings. The van der Waals surface area contributed by atoms with Crippen LogP contribution in [0.15, 0.2) is 35.5 Å². The lowest BCUT2D eigenvalue weighted by Gasteiger charge is -2.17. The van der Waals surface area contributed by atoms with Gasteiger partial charge in [-0.1, -0.05) is 46.8 Å². The predicted octanol–water partition coefficient (Wildman–Crippen LogP) is 3.75. The standard InChI is InChI=1S/C15H26N4O3S.C7H6O3/c1-6-17(7-2)9-8-10-18-11-12(19(21)22)23-14(18)16-13(20)15(3,4)5;8-6-4-2-1-3-5(6)7(9)10/h11H,6-10H2,1-5H3;1-4,8H,(H,9,10). The van der Waals surface area contributed by atoms with Crippen LogP contribution in [0, 0.1) is 15.5 Å². The zero-order valence-electron chi connectivity index (χ0n) is 19.6. The molecule has 0 aliphatic heterocycles. The highest BCUT2D eigenvalue weighted by molar-refractivity contribution is 7.12. The van der Waals surface area contributed by atoms with Crippen molar-refractivity contribution in [2.24, 2.45) is 10.4 Å². The summed E-state index contributed by atoms with van der Waals surface area (Å²) in [5.41, 5.74) is -0.667. The molecule has 2 rings (SSSR count). The van der Waals surface area contributed by atoms with Crippen molar-refractivity contribution in [1.82, 2.24) is 9.47 Å². The number of phenols is 1. The van der Waals surface area contributed by atoms with Gasteiger partial charge in [0, 0.05) is 12.0 Å². The number of rotatable bonds is 8. The van der Waals surface area contributed by atoms with Crippen LogP contribution in [0.4, 0.5) is 5.00 Å². The van der Waals surface area contributed by atoms with Gasteiger partial charge in [-0.2, -0.15) is 4.99 Å². The van der Waals surface area contributed by atoms with Gasteiger partial charge in [0.05, 0.1) is 11.1 Å². The van der Waals surface area contributed by atoms with Crippen molar-refractivity contribution >= 4 is 28.2 Å². The largest absolute Gasteiger partial charge is 0.507 e. The zero-order chi connectivity index (χ0) is 25.2. The number of para-hydroxylation sites is 1. The molecule has 0 spiro atoms. The molecule has 33 heavy (non-hydrogen) atoms. The van der Waals surface area contributed by atoms with E-state index < -0.39 is 16.3 Å². The SMILES string of the molecule is CCN(CC)CCCn1cc([N+](=O)[O-])sc1=NC(=O)C(C)(C)C.O=C(O)c1ccccc1O. The molecule has 1 heterocycles. The molecule has 10 nitrogen and oxygen atoms in total. The first-order chi connectivity index (χ1) is 15.4. The quantitative estimate of drug-likeness (QED) is 0.433. The highest BCUT2D eigenvalue weighted by Gasteiger charge is 2.22. The smallest absolute Gasteiger partial charge is 0.343 e. The van der Waals surface area contributed by atoms with Crippen LogP contribution in [-0.4, -0.2) is 56.1 Å². The van der Waals surface area contributed by atoms with Crippen molar-refractivity contribution in [3.05, 3.63) is 50.9 Å². The summed E-state index contributed by atoms with van der Waals surface area (Å²) in [5, 5.41) is 28.3. The van der Waals surface area contributed by atoms with Gasteiger partial charge in [-0.15, -0.1) is 0 Å². The first-order valence-electron chi connectivity index (χ1n) is 10.6. The maximum atomic E-state index is 12.1. The molecule has 182 valence electrons. The first kappa shape index (κ1) is 28.0. The molecule has 0 fully saturated rings. The molecule has 0 aliphatic rings. The van der Waals surface area contributed by atoms with Gasteiger partial charge < -0.3 is 19.7 Å². The van der Waals surface area contributed by atoms with Gasteiger partial charge in [0.15, 0.2) is 4.80 Å². The molecule has 1 amide bonds. The lowest BCUT2D eigenvalue weighted by atomic mass is 9.96. The summed E-state index contributed by atoms with van der Waals surface area (Å²) in [5.74, 6) is -1.58. The number of carboxylic acids is 1. The molecule has 0 radical (unpaired) electrons. The third kappa shape index (κ3) is 9.15. The predicted molar refractivity (Wildman–Crippen MR) is 126 cm³/mol. The third-order valence-electron chi connectivity index (χ3n) is 4.63. The fourth-order valence-corrected chi connectivity index (χ4v) is 3.44. The lowest BCUT2D eigenvalue weighted by Crippen LogP contribution is -2.27. The fraction of sp³-hybridized carbons (Fsp3) is 0.500. The van der Waals surface area contributed by atoms with E-state index in [1.165, 1.54) is 18.3 Å². The summed E-state index contributed by atoms with van der Waals surface area (Å²) in [6, 6.07) is 5.81. The van der Waals surface area contributed by atoms with Gasteiger partial charge in [0.1, 0.15) is 11.3 Å². The van der Waals surface area contributed by atoms with Crippen molar-refractivity contribution in [2.75, 3.05) is 19.6 Å². The second kappa shape index (κ2) is 12.9. The van der Waals surface area contributed by atoms with E-state index in [4.69, 9.17) is 10.2 Å². The van der Waals surface area contributed by atoms with Crippen LogP contribution in [0.25, 0.3) is 0 Å². The van der Waals surface area contributed by atoms with Crippen LogP contribution >= 0.6 is 11.3 Å². The van der Waals surface area contributed by atoms with Crippen LogP contribution in [0.2, 0.25) is 0 Å². The Morgan fingerprint density at radius 3 is 2.27 bits per heavy atom. The minimum absolute atomic E-state index is 0.00768. The Kier molecular flexibility index (Phi) is 10.9. The molecule has 11 heteroatoms. The van der Waals surface area contributed by atoms with Gasteiger partial charge in [0.2, 0.25) is 0 Å². The molecule has 0 unspecified atom stereocenters. The molecular formula is C22H32N4O6S. The van der Waals surface area contributed by atoms with Crippen molar-refractivity contribution < 1.29 is 24.7 Å². The number of aromatic carboxylic acids is 1. The number of nitro groups is 1. The molecule has 0 atom stereocenters. The van der Waals surface area contributed by atoms with Crippen LogP contribution in [0.3, 0.4) is 0 Å². The Labute approximate surface area is 197 Å². The van der Waals surface area contributed by atoms with Crippen LogP contribution < -0.4 is 4.80 Å². The molecular weight excluding hydrogens is 448 g/mol. The number of nitrogens with zero attached hydrogens (tertiary/aromatic N) is 4. The third-order valence-corrected chi connectivity index (χ3v) is 5.60. The Bertz CT molecular complexity index is 1020. The Hall–Kier alpha value is -3.05. The highest BCUT2D eigenvalue weighted by Crippen LogP contribution is 2.18. The number of aryl methyl sites for hydroxylation is 1. The summed E-state index contributed by atoms with van der Waals surface area (Å²) in [6.45, 7) is 13.0. The number of amides is 1. The first-order valence-corrected chi connectivity index (χ1v) is 11.4. The number of aromatic nitrogens is 1. The highest BCUT2D eigenvalue weighted by atomic mass is 32.1. The van der Waals surface area contributed by atoms with Gasteiger partial charge in [-0.25, -0.2) is 4.79 Å². The Morgan fingerprint density at radius 2 is 1.82 bits per heavy atom. The number of hydrogen-bond donors (Lipinski definition) is 2. The second-order valence-electron chi connectivity index (χ2n) is 8.17. The van der Waals surface area contributed by atoms with Gasteiger partial charge in [0.25, 0.3) is 5.91 Å². The molecule has 0 saturated carbocycles. The van der Waals surface area contributed by atoms with Crippen molar-refractivity contribution in [2.45, 2.75) is 47.6 Å². The number of hydrogen-bond acceptors (Lipinski definition) is 7. The Balaban J connectivity index is 0.000000451.